The summed E-state index contributed by atoms with van der Waals surface area (Å²) in [5, 5.41) is 2.73. The fraction of sp³-hybridized carbons (Fsp3) is 0.556. The van der Waals surface area contributed by atoms with Crippen LogP contribution < -0.4 is 5.32 Å². The fourth-order valence-electron chi connectivity index (χ4n) is 1.14. The SMILES string of the molecule is CC(CC(F)(F)F)NCc1ccc(Br)o1. The molecule has 1 rings (SSSR count). The van der Waals surface area contributed by atoms with Crippen LogP contribution in [0, 0.1) is 0 Å². The van der Waals surface area contributed by atoms with Gasteiger partial charge in [-0.2, -0.15) is 13.2 Å². The molecule has 0 aromatic carbocycles. The molecule has 6 heteroatoms. The van der Waals surface area contributed by atoms with Crippen molar-refractivity contribution in [1.82, 2.24) is 5.32 Å². The van der Waals surface area contributed by atoms with Crippen LogP contribution in [-0.4, -0.2) is 12.2 Å². The van der Waals surface area contributed by atoms with E-state index in [4.69, 9.17) is 4.42 Å². The number of hydrogen-bond donors (Lipinski definition) is 1. The largest absolute Gasteiger partial charge is 0.453 e. The smallest absolute Gasteiger partial charge is 0.390 e. The average Bonchev–Trinajstić information content (AvgIpc) is 2.45. The predicted molar refractivity (Wildman–Crippen MR) is 53.4 cm³/mol. The van der Waals surface area contributed by atoms with E-state index in [9.17, 15) is 13.2 Å². The summed E-state index contributed by atoms with van der Waals surface area (Å²) in [6.07, 6.45) is -4.97. The number of hydrogen-bond acceptors (Lipinski definition) is 2. The molecule has 1 atom stereocenters. The molecule has 0 aliphatic carbocycles. The van der Waals surface area contributed by atoms with Crippen molar-refractivity contribution >= 4 is 15.9 Å². The van der Waals surface area contributed by atoms with Crippen molar-refractivity contribution in [3.05, 3.63) is 22.6 Å². The van der Waals surface area contributed by atoms with Gasteiger partial charge in [0.2, 0.25) is 0 Å². The lowest BCUT2D eigenvalue weighted by Crippen LogP contribution is -2.30. The van der Waals surface area contributed by atoms with E-state index in [1.54, 1.807) is 12.1 Å². The normalized spacial score (nSPS) is 14.2. The van der Waals surface area contributed by atoms with Crippen molar-refractivity contribution < 1.29 is 17.6 Å². The van der Waals surface area contributed by atoms with Crippen molar-refractivity contribution in [2.45, 2.75) is 32.1 Å². The molecule has 1 aromatic rings. The first kappa shape index (κ1) is 12.6. The summed E-state index contributed by atoms with van der Waals surface area (Å²) in [4.78, 5) is 0. The Morgan fingerprint density at radius 2 is 2.13 bits per heavy atom. The van der Waals surface area contributed by atoms with Gasteiger partial charge < -0.3 is 9.73 Å². The third-order valence-electron chi connectivity index (χ3n) is 1.79. The van der Waals surface area contributed by atoms with Gasteiger partial charge in [0.15, 0.2) is 4.67 Å². The Balaban J connectivity index is 2.31. The molecule has 0 fully saturated rings. The number of furan rings is 1. The Labute approximate surface area is 94.0 Å². The fourth-order valence-corrected chi connectivity index (χ4v) is 1.48. The number of halogens is 4. The van der Waals surface area contributed by atoms with Crippen molar-refractivity contribution in [2.75, 3.05) is 0 Å². The van der Waals surface area contributed by atoms with E-state index < -0.39 is 18.6 Å². The molecule has 86 valence electrons. The molecule has 1 aromatic heterocycles. The first-order valence-electron chi connectivity index (χ1n) is 4.41. The minimum Gasteiger partial charge on any atom is -0.453 e. The van der Waals surface area contributed by atoms with Crippen LogP contribution in [0.3, 0.4) is 0 Å². The summed E-state index contributed by atoms with van der Waals surface area (Å²) in [5.41, 5.74) is 0. The quantitative estimate of drug-likeness (QED) is 0.916. The molecular formula is C9H11BrF3NO. The van der Waals surface area contributed by atoms with Crippen LogP contribution in [0.4, 0.5) is 13.2 Å². The van der Waals surface area contributed by atoms with Crippen LogP contribution in [-0.2, 0) is 6.54 Å². The minimum absolute atomic E-state index is 0.294. The third-order valence-corrected chi connectivity index (χ3v) is 2.22. The lowest BCUT2D eigenvalue weighted by Gasteiger charge is -2.14. The van der Waals surface area contributed by atoms with E-state index in [0.29, 0.717) is 17.0 Å². The molecule has 2 nitrogen and oxygen atoms in total. The third kappa shape index (κ3) is 5.22. The maximum atomic E-state index is 12.0. The maximum Gasteiger partial charge on any atom is 0.390 e. The summed E-state index contributed by atoms with van der Waals surface area (Å²) in [6, 6.07) is 2.79. The Morgan fingerprint density at radius 3 is 2.60 bits per heavy atom. The van der Waals surface area contributed by atoms with E-state index in [1.165, 1.54) is 6.92 Å². The van der Waals surface area contributed by atoms with Gasteiger partial charge >= 0.3 is 6.18 Å². The monoisotopic (exact) mass is 285 g/mol. The zero-order valence-electron chi connectivity index (χ0n) is 8.07. The Morgan fingerprint density at radius 1 is 1.47 bits per heavy atom. The van der Waals surface area contributed by atoms with Gasteiger partial charge in [-0.1, -0.05) is 0 Å². The molecule has 1 N–H and O–H groups in total. The number of nitrogens with one attached hydrogen (secondary N) is 1. The zero-order chi connectivity index (χ0) is 11.5. The molecule has 0 aliphatic heterocycles. The summed E-state index contributed by atoms with van der Waals surface area (Å²) < 4.78 is 41.6. The lowest BCUT2D eigenvalue weighted by molar-refractivity contribution is -0.139. The highest BCUT2D eigenvalue weighted by atomic mass is 79.9. The highest BCUT2D eigenvalue weighted by molar-refractivity contribution is 9.10. The van der Waals surface area contributed by atoms with Gasteiger partial charge in [0.25, 0.3) is 0 Å². The van der Waals surface area contributed by atoms with Gasteiger partial charge in [-0.15, -0.1) is 0 Å². The molecular weight excluding hydrogens is 275 g/mol. The summed E-state index contributed by atoms with van der Waals surface area (Å²) in [6.45, 7) is 1.79. The molecule has 0 saturated heterocycles. The second-order valence-electron chi connectivity index (χ2n) is 3.31. The molecule has 0 saturated carbocycles. The van der Waals surface area contributed by atoms with Crippen LogP contribution in [0.25, 0.3) is 0 Å². The molecule has 15 heavy (non-hydrogen) atoms. The van der Waals surface area contributed by atoms with Crippen molar-refractivity contribution in [3.8, 4) is 0 Å². The van der Waals surface area contributed by atoms with Crippen LogP contribution in [0.2, 0.25) is 0 Å². The molecule has 0 bridgehead atoms. The van der Waals surface area contributed by atoms with Gasteiger partial charge in [-0.3, -0.25) is 0 Å². The van der Waals surface area contributed by atoms with Crippen LogP contribution in [0.15, 0.2) is 21.2 Å². The predicted octanol–water partition coefficient (Wildman–Crippen LogP) is 3.47. The Hall–Kier alpha value is -0.490. The Bertz CT molecular complexity index is 311. The van der Waals surface area contributed by atoms with E-state index in [1.807, 2.05) is 0 Å². The van der Waals surface area contributed by atoms with Crippen molar-refractivity contribution in [1.29, 1.82) is 0 Å². The highest BCUT2D eigenvalue weighted by Crippen LogP contribution is 2.21. The molecule has 0 radical (unpaired) electrons. The average molecular weight is 286 g/mol. The van der Waals surface area contributed by atoms with Crippen LogP contribution in [0.5, 0.6) is 0 Å². The topological polar surface area (TPSA) is 25.2 Å². The van der Waals surface area contributed by atoms with Crippen LogP contribution >= 0.6 is 15.9 Å². The summed E-state index contributed by atoms with van der Waals surface area (Å²) in [5.74, 6) is 0.607. The molecule has 1 heterocycles. The number of rotatable bonds is 4. The number of alkyl halides is 3. The van der Waals surface area contributed by atoms with E-state index in [0.717, 1.165) is 0 Å². The van der Waals surface area contributed by atoms with E-state index in [2.05, 4.69) is 21.2 Å². The molecule has 0 aliphatic rings. The lowest BCUT2D eigenvalue weighted by atomic mass is 10.2. The van der Waals surface area contributed by atoms with Gasteiger partial charge in [-0.25, -0.2) is 0 Å². The van der Waals surface area contributed by atoms with Gasteiger partial charge in [0.1, 0.15) is 5.76 Å². The summed E-state index contributed by atoms with van der Waals surface area (Å²) in [7, 11) is 0. The molecule has 0 spiro atoms. The second kappa shape index (κ2) is 5.03. The van der Waals surface area contributed by atoms with Gasteiger partial charge in [-0.05, 0) is 35.0 Å². The first-order chi connectivity index (χ1) is 6.87. The van der Waals surface area contributed by atoms with Crippen molar-refractivity contribution in [3.63, 3.8) is 0 Å². The van der Waals surface area contributed by atoms with E-state index >= 15 is 0 Å². The van der Waals surface area contributed by atoms with E-state index in [-0.39, 0.29) is 0 Å². The summed E-state index contributed by atoms with van der Waals surface area (Å²) >= 11 is 3.11. The highest BCUT2D eigenvalue weighted by Gasteiger charge is 2.29. The second-order valence-corrected chi connectivity index (χ2v) is 4.09. The first-order valence-corrected chi connectivity index (χ1v) is 5.20. The van der Waals surface area contributed by atoms with Gasteiger partial charge in [0, 0.05) is 6.04 Å². The van der Waals surface area contributed by atoms with Crippen molar-refractivity contribution in [2.24, 2.45) is 0 Å². The standard InChI is InChI=1S/C9H11BrF3NO/c1-6(4-9(11,12)13)14-5-7-2-3-8(10)15-7/h2-3,6,14H,4-5H2,1H3. The van der Waals surface area contributed by atoms with Gasteiger partial charge in [0.05, 0.1) is 13.0 Å². The zero-order valence-corrected chi connectivity index (χ0v) is 9.65. The molecule has 1 unspecified atom stereocenters. The minimum atomic E-state index is -4.13. The Kier molecular flexibility index (Phi) is 4.21. The maximum absolute atomic E-state index is 12.0. The molecule has 0 amide bonds. The van der Waals surface area contributed by atoms with Crippen LogP contribution in [0.1, 0.15) is 19.1 Å².